The zero-order valence-corrected chi connectivity index (χ0v) is 11.5. The monoisotopic (exact) mass is 266 g/mol. The van der Waals surface area contributed by atoms with Crippen LogP contribution in [0.5, 0.6) is 0 Å². The molecule has 3 nitrogen and oxygen atoms in total. The lowest BCUT2D eigenvalue weighted by Crippen LogP contribution is -2.04. The average Bonchev–Trinajstić information content (AvgIpc) is 2.43. The van der Waals surface area contributed by atoms with E-state index in [-0.39, 0.29) is 12.6 Å². The van der Waals surface area contributed by atoms with Crippen molar-refractivity contribution in [3.8, 4) is 0 Å². The van der Waals surface area contributed by atoms with Crippen molar-refractivity contribution in [2.75, 3.05) is 12.9 Å². The molecular weight excluding hydrogens is 248 g/mol. The zero-order chi connectivity index (χ0) is 13.4. The number of thioether (sulfide) groups is 1. The second kappa shape index (κ2) is 7.95. The SMILES string of the molecule is CC/C(=C/CSc1ccc(CO)cc1)C(=O)OC. The van der Waals surface area contributed by atoms with E-state index < -0.39 is 0 Å². The molecule has 0 radical (unpaired) electrons. The fourth-order valence-electron chi connectivity index (χ4n) is 1.43. The van der Waals surface area contributed by atoms with E-state index in [1.165, 1.54) is 7.11 Å². The van der Waals surface area contributed by atoms with Crippen molar-refractivity contribution in [3.05, 3.63) is 41.5 Å². The van der Waals surface area contributed by atoms with Crippen LogP contribution in [-0.4, -0.2) is 23.9 Å². The maximum atomic E-state index is 11.3. The van der Waals surface area contributed by atoms with Gasteiger partial charge in [-0.3, -0.25) is 0 Å². The van der Waals surface area contributed by atoms with Gasteiger partial charge in [0.25, 0.3) is 0 Å². The van der Waals surface area contributed by atoms with E-state index in [0.717, 1.165) is 16.2 Å². The molecule has 0 saturated carbocycles. The topological polar surface area (TPSA) is 46.5 Å². The van der Waals surface area contributed by atoms with Crippen LogP contribution in [0.2, 0.25) is 0 Å². The van der Waals surface area contributed by atoms with Crippen molar-refractivity contribution in [1.82, 2.24) is 0 Å². The second-order valence-electron chi connectivity index (χ2n) is 3.69. The Morgan fingerprint density at radius 1 is 1.39 bits per heavy atom. The Hall–Kier alpha value is -1.26. The molecule has 0 atom stereocenters. The Morgan fingerprint density at radius 2 is 2.06 bits per heavy atom. The van der Waals surface area contributed by atoms with Crippen LogP contribution in [0.1, 0.15) is 18.9 Å². The molecule has 0 unspecified atom stereocenters. The van der Waals surface area contributed by atoms with Gasteiger partial charge in [-0.05, 0) is 24.1 Å². The Kier molecular flexibility index (Phi) is 6.54. The summed E-state index contributed by atoms with van der Waals surface area (Å²) in [6.45, 7) is 2.00. The van der Waals surface area contributed by atoms with Crippen molar-refractivity contribution >= 4 is 17.7 Å². The van der Waals surface area contributed by atoms with Gasteiger partial charge in [-0.15, -0.1) is 11.8 Å². The molecule has 0 aromatic heterocycles. The van der Waals surface area contributed by atoms with Gasteiger partial charge in [0.1, 0.15) is 0 Å². The lowest BCUT2D eigenvalue weighted by molar-refractivity contribution is -0.136. The number of hydrogen-bond donors (Lipinski definition) is 1. The minimum atomic E-state index is -0.256. The molecule has 0 amide bonds. The molecule has 1 aromatic rings. The van der Waals surface area contributed by atoms with Gasteiger partial charge in [-0.1, -0.05) is 25.1 Å². The summed E-state index contributed by atoms with van der Waals surface area (Å²) in [5, 5.41) is 8.93. The number of carbonyl (C=O) groups excluding carboxylic acids is 1. The predicted octanol–water partition coefficient (Wildman–Crippen LogP) is 2.78. The van der Waals surface area contributed by atoms with Crippen LogP contribution in [0.4, 0.5) is 0 Å². The van der Waals surface area contributed by atoms with E-state index in [2.05, 4.69) is 0 Å². The summed E-state index contributed by atoms with van der Waals surface area (Å²) in [5.41, 5.74) is 1.61. The maximum absolute atomic E-state index is 11.3. The lowest BCUT2D eigenvalue weighted by atomic mass is 10.2. The first-order valence-electron chi connectivity index (χ1n) is 5.81. The number of ether oxygens (including phenoxy) is 1. The van der Waals surface area contributed by atoms with Crippen molar-refractivity contribution in [2.24, 2.45) is 0 Å². The number of hydrogen-bond acceptors (Lipinski definition) is 4. The fraction of sp³-hybridized carbons (Fsp3) is 0.357. The molecule has 0 bridgehead atoms. The Balaban J connectivity index is 2.53. The number of aliphatic hydroxyl groups excluding tert-OH is 1. The van der Waals surface area contributed by atoms with Crippen LogP contribution < -0.4 is 0 Å². The molecule has 0 fully saturated rings. The smallest absolute Gasteiger partial charge is 0.333 e. The van der Waals surface area contributed by atoms with E-state index in [1.807, 2.05) is 37.3 Å². The summed E-state index contributed by atoms with van der Waals surface area (Å²) < 4.78 is 4.69. The van der Waals surface area contributed by atoms with Gasteiger partial charge in [0.15, 0.2) is 0 Å². The minimum Gasteiger partial charge on any atom is -0.466 e. The zero-order valence-electron chi connectivity index (χ0n) is 10.7. The van der Waals surface area contributed by atoms with Gasteiger partial charge in [0.05, 0.1) is 13.7 Å². The van der Waals surface area contributed by atoms with Gasteiger partial charge in [-0.2, -0.15) is 0 Å². The second-order valence-corrected chi connectivity index (χ2v) is 4.78. The molecule has 0 aliphatic rings. The summed E-state index contributed by atoms with van der Waals surface area (Å²) in [7, 11) is 1.40. The minimum absolute atomic E-state index is 0.0627. The maximum Gasteiger partial charge on any atom is 0.333 e. The third-order valence-corrected chi connectivity index (χ3v) is 3.45. The average molecular weight is 266 g/mol. The van der Waals surface area contributed by atoms with Crippen LogP contribution in [0.15, 0.2) is 40.8 Å². The number of methoxy groups -OCH3 is 1. The van der Waals surface area contributed by atoms with Crippen LogP contribution in [0, 0.1) is 0 Å². The first-order valence-corrected chi connectivity index (χ1v) is 6.79. The largest absolute Gasteiger partial charge is 0.466 e. The number of aliphatic hydroxyl groups is 1. The lowest BCUT2D eigenvalue weighted by Gasteiger charge is -2.03. The predicted molar refractivity (Wildman–Crippen MR) is 73.5 cm³/mol. The van der Waals surface area contributed by atoms with Crippen molar-refractivity contribution in [3.63, 3.8) is 0 Å². The molecule has 0 spiro atoms. The summed E-state index contributed by atoms with van der Waals surface area (Å²) >= 11 is 1.65. The van der Waals surface area contributed by atoms with Crippen LogP contribution in [-0.2, 0) is 16.1 Å². The highest BCUT2D eigenvalue weighted by Crippen LogP contribution is 2.19. The molecule has 1 N–H and O–H groups in total. The van der Waals surface area contributed by atoms with Gasteiger partial charge < -0.3 is 9.84 Å². The van der Waals surface area contributed by atoms with Crippen LogP contribution in [0.3, 0.4) is 0 Å². The van der Waals surface area contributed by atoms with Crippen molar-refractivity contribution in [1.29, 1.82) is 0 Å². The highest BCUT2D eigenvalue weighted by atomic mass is 32.2. The molecule has 18 heavy (non-hydrogen) atoms. The molecule has 0 saturated heterocycles. The molecule has 0 aliphatic heterocycles. The van der Waals surface area contributed by atoms with Crippen LogP contribution in [0.25, 0.3) is 0 Å². The third-order valence-electron chi connectivity index (χ3n) is 2.51. The fourth-order valence-corrected chi connectivity index (χ4v) is 2.24. The Morgan fingerprint density at radius 3 is 2.56 bits per heavy atom. The quantitative estimate of drug-likeness (QED) is 0.488. The van der Waals surface area contributed by atoms with E-state index in [0.29, 0.717) is 12.0 Å². The van der Waals surface area contributed by atoms with Gasteiger partial charge >= 0.3 is 5.97 Å². The number of benzene rings is 1. The van der Waals surface area contributed by atoms with Gasteiger partial charge in [0.2, 0.25) is 0 Å². The molecule has 98 valence electrons. The third kappa shape index (κ3) is 4.55. The normalized spacial score (nSPS) is 11.4. The van der Waals surface area contributed by atoms with Crippen molar-refractivity contribution in [2.45, 2.75) is 24.8 Å². The van der Waals surface area contributed by atoms with E-state index in [1.54, 1.807) is 11.8 Å². The van der Waals surface area contributed by atoms with E-state index in [9.17, 15) is 4.79 Å². The number of carbonyl (C=O) groups is 1. The molecule has 1 aromatic carbocycles. The highest BCUT2D eigenvalue weighted by Gasteiger charge is 2.05. The standard InChI is InChI=1S/C14H18O3S/c1-3-12(14(16)17-2)8-9-18-13-6-4-11(10-15)5-7-13/h4-8,15H,3,9-10H2,1-2H3/b12-8-. The molecule has 4 heteroatoms. The van der Waals surface area contributed by atoms with E-state index in [4.69, 9.17) is 9.84 Å². The molecule has 0 aliphatic carbocycles. The Labute approximate surface area is 112 Å². The number of esters is 1. The molecule has 1 rings (SSSR count). The summed E-state index contributed by atoms with van der Waals surface area (Å²) in [5.74, 6) is 0.477. The van der Waals surface area contributed by atoms with Gasteiger partial charge in [0, 0.05) is 16.2 Å². The first-order chi connectivity index (χ1) is 8.71. The molecular formula is C14H18O3S. The van der Waals surface area contributed by atoms with Crippen LogP contribution >= 0.6 is 11.8 Å². The van der Waals surface area contributed by atoms with Crippen molar-refractivity contribution < 1.29 is 14.6 Å². The summed E-state index contributed by atoms with van der Waals surface area (Å²) in [4.78, 5) is 12.5. The highest BCUT2D eigenvalue weighted by molar-refractivity contribution is 7.99. The Bertz CT molecular complexity index is 410. The summed E-state index contributed by atoms with van der Waals surface area (Å²) in [6, 6.07) is 7.72. The van der Waals surface area contributed by atoms with E-state index >= 15 is 0 Å². The van der Waals surface area contributed by atoms with Gasteiger partial charge in [-0.25, -0.2) is 4.79 Å². The molecule has 0 heterocycles. The first kappa shape index (κ1) is 14.8. The number of rotatable bonds is 6. The summed E-state index contributed by atoms with van der Waals surface area (Å²) in [6.07, 6.45) is 2.58.